The second-order valence-corrected chi connectivity index (χ2v) is 8.24. The molecular formula is C20H23N9O. The summed E-state index contributed by atoms with van der Waals surface area (Å²) in [4.78, 5) is 15.3. The number of aromatic nitrogens is 4. The number of aryl methyl sites for hydroxylation is 1. The second kappa shape index (κ2) is 6.47. The second-order valence-electron chi connectivity index (χ2n) is 8.24. The summed E-state index contributed by atoms with van der Waals surface area (Å²) >= 11 is 0. The van der Waals surface area contributed by atoms with Crippen LogP contribution in [0.25, 0.3) is 11.0 Å². The molecular weight excluding hydrogens is 382 g/mol. The third-order valence-corrected chi connectivity index (χ3v) is 5.91. The van der Waals surface area contributed by atoms with E-state index in [0.29, 0.717) is 5.82 Å². The van der Waals surface area contributed by atoms with Gasteiger partial charge in [0.1, 0.15) is 17.5 Å². The van der Waals surface area contributed by atoms with Gasteiger partial charge in [-0.2, -0.15) is 15.2 Å². The van der Waals surface area contributed by atoms with Gasteiger partial charge in [-0.25, -0.2) is 4.98 Å². The van der Waals surface area contributed by atoms with Crippen molar-refractivity contribution in [3.05, 3.63) is 29.6 Å². The number of nitrogens with two attached hydrogens (primary N) is 2. The molecule has 3 aromatic heterocycles. The summed E-state index contributed by atoms with van der Waals surface area (Å²) in [6.07, 6.45) is 2.00. The van der Waals surface area contributed by atoms with Gasteiger partial charge in [0.05, 0.1) is 47.1 Å². The molecule has 0 aromatic carbocycles. The molecule has 2 aliphatic rings. The maximum Gasteiger partial charge on any atom is 0.224 e. The molecule has 10 heteroatoms. The lowest BCUT2D eigenvalue weighted by molar-refractivity contribution is -0.127. The number of rotatable bonds is 4. The van der Waals surface area contributed by atoms with Crippen LogP contribution in [0.15, 0.2) is 18.3 Å². The highest BCUT2D eigenvalue weighted by atomic mass is 16.5. The number of anilines is 4. The van der Waals surface area contributed by atoms with Crippen molar-refractivity contribution >= 4 is 34.3 Å². The molecule has 1 spiro atoms. The van der Waals surface area contributed by atoms with E-state index < -0.39 is 0 Å². The molecule has 30 heavy (non-hydrogen) atoms. The number of nitrogens with zero attached hydrogens (tertiary/aromatic N) is 6. The summed E-state index contributed by atoms with van der Waals surface area (Å²) in [6.45, 7) is 5.51. The van der Waals surface area contributed by atoms with E-state index in [4.69, 9.17) is 21.2 Å². The van der Waals surface area contributed by atoms with Crippen molar-refractivity contribution in [3.63, 3.8) is 0 Å². The summed E-state index contributed by atoms with van der Waals surface area (Å²) in [5.41, 5.74) is 16.0. The van der Waals surface area contributed by atoms with Crippen LogP contribution in [-0.4, -0.2) is 45.8 Å². The van der Waals surface area contributed by atoms with Gasteiger partial charge < -0.3 is 31.0 Å². The number of pyridine rings is 1. The first kappa shape index (κ1) is 18.4. The number of nitrogens with one attached hydrogen (secondary N) is 1. The fourth-order valence-electron chi connectivity index (χ4n) is 4.25. The summed E-state index contributed by atoms with van der Waals surface area (Å²) in [7, 11) is 2.01. The zero-order valence-electron chi connectivity index (χ0n) is 16.9. The fourth-order valence-corrected chi connectivity index (χ4v) is 4.25. The Morgan fingerprint density at radius 3 is 2.70 bits per heavy atom. The van der Waals surface area contributed by atoms with E-state index in [0.717, 1.165) is 48.7 Å². The molecule has 1 atom stereocenters. The smallest absolute Gasteiger partial charge is 0.224 e. The van der Waals surface area contributed by atoms with Crippen molar-refractivity contribution in [1.29, 1.82) is 5.26 Å². The Hall–Kier alpha value is -3.58. The lowest BCUT2D eigenvalue weighted by Gasteiger charge is -2.56. The SMILES string of the molecule is CC(Nc1nc(N)nc(N)c1C#N)c1nc2ccn(C)c2cc1N1CC2(COC2)C1. The Kier molecular flexibility index (Phi) is 3.98. The van der Waals surface area contributed by atoms with E-state index in [9.17, 15) is 5.26 Å². The standard InChI is InChI=1S/C20H23N9O/c1-11(24-18-12(6-21)17(22)26-19(23)27-18)16-15(29-7-20(8-29)9-30-10-20)5-14-13(25-16)3-4-28(14)2/h3-5,11H,7-10H2,1-2H3,(H5,22,23,24,26,27). The van der Waals surface area contributed by atoms with Gasteiger partial charge in [-0.15, -0.1) is 0 Å². The van der Waals surface area contributed by atoms with Crippen LogP contribution in [0.1, 0.15) is 24.2 Å². The van der Waals surface area contributed by atoms with Crippen LogP contribution >= 0.6 is 0 Å². The summed E-state index contributed by atoms with van der Waals surface area (Å²) in [6, 6.07) is 5.98. The number of hydrogen-bond donors (Lipinski definition) is 3. The van der Waals surface area contributed by atoms with E-state index in [1.165, 1.54) is 0 Å². The molecule has 1 unspecified atom stereocenters. The number of ether oxygens (including phenoxy) is 1. The summed E-state index contributed by atoms with van der Waals surface area (Å²) < 4.78 is 7.48. The quantitative estimate of drug-likeness (QED) is 0.586. The van der Waals surface area contributed by atoms with Crippen LogP contribution in [0.3, 0.4) is 0 Å². The van der Waals surface area contributed by atoms with Crippen LogP contribution in [0, 0.1) is 16.7 Å². The highest BCUT2D eigenvalue weighted by Gasteiger charge is 2.49. The highest BCUT2D eigenvalue weighted by Crippen LogP contribution is 2.43. The molecule has 0 saturated carbocycles. The van der Waals surface area contributed by atoms with Crippen molar-refractivity contribution < 1.29 is 4.74 Å². The van der Waals surface area contributed by atoms with Crippen molar-refractivity contribution in [1.82, 2.24) is 19.5 Å². The molecule has 0 bridgehead atoms. The van der Waals surface area contributed by atoms with Gasteiger partial charge in [0.25, 0.3) is 0 Å². The first-order valence-electron chi connectivity index (χ1n) is 9.77. The Bertz CT molecular complexity index is 1180. The highest BCUT2D eigenvalue weighted by molar-refractivity contribution is 5.81. The number of hydrogen-bond acceptors (Lipinski definition) is 9. The predicted molar refractivity (Wildman–Crippen MR) is 114 cm³/mol. The Balaban J connectivity index is 1.53. The largest absolute Gasteiger partial charge is 0.382 e. The molecule has 2 aliphatic heterocycles. The molecule has 0 aliphatic carbocycles. The van der Waals surface area contributed by atoms with Gasteiger partial charge in [-0.1, -0.05) is 0 Å². The van der Waals surface area contributed by atoms with Gasteiger partial charge in [-0.05, 0) is 19.1 Å². The summed E-state index contributed by atoms with van der Waals surface area (Å²) in [5, 5.41) is 12.7. The van der Waals surface area contributed by atoms with Crippen LogP contribution in [0.2, 0.25) is 0 Å². The minimum Gasteiger partial charge on any atom is -0.382 e. The maximum absolute atomic E-state index is 9.47. The predicted octanol–water partition coefficient (Wildman–Crippen LogP) is 1.41. The van der Waals surface area contributed by atoms with Crippen LogP contribution in [-0.2, 0) is 11.8 Å². The first-order valence-corrected chi connectivity index (χ1v) is 9.77. The molecule has 2 fully saturated rings. The van der Waals surface area contributed by atoms with E-state index >= 15 is 0 Å². The van der Waals surface area contributed by atoms with Gasteiger partial charge in [0, 0.05) is 26.3 Å². The van der Waals surface area contributed by atoms with Gasteiger partial charge in [0.15, 0.2) is 5.82 Å². The molecule has 5 heterocycles. The molecule has 154 valence electrons. The summed E-state index contributed by atoms with van der Waals surface area (Å²) in [5.74, 6) is 0.381. The van der Waals surface area contributed by atoms with Gasteiger partial charge >= 0.3 is 0 Å². The van der Waals surface area contributed by atoms with Crippen LogP contribution in [0.5, 0.6) is 0 Å². The van der Waals surface area contributed by atoms with Crippen LogP contribution in [0.4, 0.5) is 23.3 Å². The Morgan fingerprint density at radius 2 is 2.03 bits per heavy atom. The van der Waals surface area contributed by atoms with E-state index in [1.54, 1.807) is 0 Å². The van der Waals surface area contributed by atoms with E-state index in [2.05, 4.69) is 36.9 Å². The van der Waals surface area contributed by atoms with Crippen molar-refractivity contribution in [3.8, 4) is 6.07 Å². The fraction of sp³-hybridized carbons (Fsp3) is 0.400. The number of nitriles is 1. The number of nitrogen functional groups attached to an aromatic ring is 2. The third kappa shape index (κ3) is 2.78. The van der Waals surface area contributed by atoms with Crippen molar-refractivity contribution in [2.24, 2.45) is 12.5 Å². The van der Waals surface area contributed by atoms with Crippen molar-refractivity contribution in [2.75, 3.05) is 48.0 Å². The molecule has 3 aromatic rings. The maximum atomic E-state index is 9.47. The number of fused-ring (bicyclic) bond motifs is 1. The minimum absolute atomic E-state index is 0.0163. The first-order chi connectivity index (χ1) is 14.4. The van der Waals surface area contributed by atoms with Crippen LogP contribution < -0.4 is 21.7 Å². The van der Waals surface area contributed by atoms with Crippen molar-refractivity contribution in [2.45, 2.75) is 13.0 Å². The van der Waals surface area contributed by atoms with Gasteiger partial charge in [0.2, 0.25) is 5.95 Å². The molecule has 5 rings (SSSR count). The zero-order chi connectivity index (χ0) is 21.0. The molecule has 0 radical (unpaired) electrons. The van der Waals surface area contributed by atoms with E-state index in [1.807, 2.05) is 26.2 Å². The molecule has 10 nitrogen and oxygen atoms in total. The lowest BCUT2D eigenvalue weighted by atomic mass is 9.77. The molecule has 0 amide bonds. The lowest BCUT2D eigenvalue weighted by Crippen LogP contribution is -2.66. The normalized spacial score (nSPS) is 18.0. The third-order valence-electron chi connectivity index (χ3n) is 5.91. The molecule has 5 N–H and O–H groups in total. The molecule has 2 saturated heterocycles. The Labute approximate surface area is 173 Å². The Morgan fingerprint density at radius 1 is 1.27 bits per heavy atom. The minimum atomic E-state index is -0.236. The zero-order valence-corrected chi connectivity index (χ0v) is 16.9. The van der Waals surface area contributed by atoms with Gasteiger partial charge in [-0.3, -0.25) is 0 Å². The monoisotopic (exact) mass is 405 g/mol. The average molecular weight is 405 g/mol. The van der Waals surface area contributed by atoms with E-state index in [-0.39, 0.29) is 28.8 Å². The topological polar surface area (TPSA) is 144 Å². The average Bonchev–Trinajstić information content (AvgIpc) is 2.99.